The number of aliphatic imine (C=N–C) groups is 1. The molecule has 0 aliphatic rings. The Bertz CT molecular complexity index is 715. The van der Waals surface area contributed by atoms with Gasteiger partial charge in [-0.05, 0) is 43.2 Å². The highest BCUT2D eigenvalue weighted by molar-refractivity contribution is 5.90. The van der Waals surface area contributed by atoms with E-state index in [2.05, 4.69) is 25.9 Å². The molecular weight excluding hydrogens is 326 g/mol. The molecular formula is C20H27N5O. The van der Waals surface area contributed by atoms with Crippen LogP contribution in [-0.2, 0) is 17.9 Å². The summed E-state index contributed by atoms with van der Waals surface area (Å²) in [5.41, 5.74) is 2.80. The summed E-state index contributed by atoms with van der Waals surface area (Å²) in [5.74, 6) is 0.775. The van der Waals surface area contributed by atoms with Crippen LogP contribution in [-0.4, -0.2) is 23.4 Å². The van der Waals surface area contributed by atoms with Gasteiger partial charge in [0, 0.05) is 24.8 Å². The highest BCUT2D eigenvalue weighted by atomic mass is 16.1. The molecule has 138 valence electrons. The van der Waals surface area contributed by atoms with Crippen LogP contribution in [0.15, 0.2) is 53.7 Å². The highest BCUT2D eigenvalue weighted by Crippen LogP contribution is 2.12. The Labute approximate surface area is 155 Å². The third-order valence-corrected chi connectivity index (χ3v) is 3.61. The van der Waals surface area contributed by atoms with E-state index in [4.69, 9.17) is 0 Å². The Morgan fingerprint density at radius 1 is 1.12 bits per heavy atom. The number of carbonyl (C=O) groups is 1. The second-order valence-electron chi connectivity index (χ2n) is 5.87. The van der Waals surface area contributed by atoms with E-state index in [0.29, 0.717) is 19.5 Å². The summed E-state index contributed by atoms with van der Waals surface area (Å²) in [6, 6.07) is 13.6. The molecule has 0 spiro atoms. The van der Waals surface area contributed by atoms with E-state index < -0.39 is 0 Å². The first kappa shape index (κ1) is 19.4. The zero-order chi connectivity index (χ0) is 18.6. The van der Waals surface area contributed by atoms with Gasteiger partial charge in [-0.15, -0.1) is 0 Å². The molecule has 0 atom stereocenters. The van der Waals surface area contributed by atoms with E-state index in [1.165, 1.54) is 0 Å². The van der Waals surface area contributed by atoms with Crippen molar-refractivity contribution in [2.75, 3.05) is 11.9 Å². The summed E-state index contributed by atoms with van der Waals surface area (Å²) < 4.78 is 0. The van der Waals surface area contributed by atoms with Gasteiger partial charge in [-0.25, -0.2) is 4.99 Å². The maximum absolute atomic E-state index is 11.7. The van der Waals surface area contributed by atoms with Crippen molar-refractivity contribution in [1.29, 1.82) is 0 Å². The molecule has 2 rings (SSSR count). The van der Waals surface area contributed by atoms with Gasteiger partial charge < -0.3 is 16.0 Å². The fraction of sp³-hybridized carbons (Fsp3) is 0.350. The molecule has 1 aromatic carbocycles. The van der Waals surface area contributed by atoms with Crippen LogP contribution in [0.3, 0.4) is 0 Å². The fourth-order valence-electron chi connectivity index (χ4n) is 2.39. The minimum Gasteiger partial charge on any atom is -0.357 e. The Hall–Kier alpha value is -2.89. The maximum Gasteiger partial charge on any atom is 0.224 e. The zero-order valence-electron chi connectivity index (χ0n) is 15.5. The Balaban J connectivity index is 1.96. The Kier molecular flexibility index (Phi) is 8.12. The van der Waals surface area contributed by atoms with Crippen molar-refractivity contribution >= 4 is 17.6 Å². The van der Waals surface area contributed by atoms with E-state index in [-0.39, 0.29) is 5.91 Å². The topological polar surface area (TPSA) is 78.4 Å². The summed E-state index contributed by atoms with van der Waals surface area (Å²) in [7, 11) is 0. The molecule has 0 aliphatic carbocycles. The second kappa shape index (κ2) is 10.9. The summed E-state index contributed by atoms with van der Waals surface area (Å²) in [4.78, 5) is 20.6. The fourth-order valence-corrected chi connectivity index (χ4v) is 2.39. The number of hydrogen-bond donors (Lipinski definition) is 3. The van der Waals surface area contributed by atoms with Gasteiger partial charge in [0.2, 0.25) is 5.91 Å². The standard InChI is InChI=1S/C20H27N5O/c1-3-8-19(26)25-17-11-7-9-16(13-17)14-23-20(21-4-2)24-15-18-10-5-6-12-22-18/h5-7,9-13H,3-4,8,14-15H2,1-2H3,(H,25,26)(H2,21,23,24). The highest BCUT2D eigenvalue weighted by Gasteiger charge is 2.03. The van der Waals surface area contributed by atoms with E-state index in [9.17, 15) is 4.79 Å². The molecule has 3 N–H and O–H groups in total. The normalized spacial score (nSPS) is 11.1. The summed E-state index contributed by atoms with van der Waals surface area (Å²) in [6.07, 6.45) is 3.15. The Morgan fingerprint density at radius 3 is 2.73 bits per heavy atom. The van der Waals surface area contributed by atoms with E-state index in [1.54, 1.807) is 6.20 Å². The third kappa shape index (κ3) is 6.93. The number of hydrogen-bond acceptors (Lipinski definition) is 3. The van der Waals surface area contributed by atoms with Crippen LogP contribution < -0.4 is 16.0 Å². The largest absolute Gasteiger partial charge is 0.357 e. The molecule has 1 heterocycles. The monoisotopic (exact) mass is 353 g/mol. The van der Waals surface area contributed by atoms with Crippen molar-refractivity contribution in [3.63, 3.8) is 0 Å². The smallest absolute Gasteiger partial charge is 0.224 e. The third-order valence-electron chi connectivity index (χ3n) is 3.61. The molecule has 0 bridgehead atoms. The van der Waals surface area contributed by atoms with Crippen LogP contribution in [0, 0.1) is 0 Å². The molecule has 26 heavy (non-hydrogen) atoms. The summed E-state index contributed by atoms with van der Waals surface area (Å²) in [5, 5.41) is 9.42. The molecule has 0 unspecified atom stereocenters. The molecule has 0 saturated carbocycles. The van der Waals surface area contributed by atoms with Crippen molar-refractivity contribution in [3.8, 4) is 0 Å². The van der Waals surface area contributed by atoms with Crippen LogP contribution in [0.4, 0.5) is 5.69 Å². The van der Waals surface area contributed by atoms with Crippen LogP contribution in [0.2, 0.25) is 0 Å². The van der Waals surface area contributed by atoms with Crippen molar-refractivity contribution in [2.45, 2.75) is 39.8 Å². The van der Waals surface area contributed by atoms with Gasteiger partial charge in [-0.3, -0.25) is 9.78 Å². The summed E-state index contributed by atoms with van der Waals surface area (Å²) >= 11 is 0. The first-order valence-corrected chi connectivity index (χ1v) is 9.02. The summed E-state index contributed by atoms with van der Waals surface area (Å²) in [6.45, 7) is 5.93. The predicted octanol–water partition coefficient (Wildman–Crippen LogP) is 3.08. The molecule has 6 heteroatoms. The zero-order valence-corrected chi connectivity index (χ0v) is 15.5. The first-order valence-electron chi connectivity index (χ1n) is 9.02. The second-order valence-corrected chi connectivity index (χ2v) is 5.87. The maximum atomic E-state index is 11.7. The van der Waals surface area contributed by atoms with Crippen molar-refractivity contribution < 1.29 is 4.79 Å². The minimum atomic E-state index is 0.0403. The van der Waals surface area contributed by atoms with Crippen LogP contribution in [0.5, 0.6) is 0 Å². The Morgan fingerprint density at radius 2 is 2.00 bits per heavy atom. The molecule has 0 fully saturated rings. The lowest BCUT2D eigenvalue weighted by molar-refractivity contribution is -0.116. The molecule has 2 aromatic rings. The van der Waals surface area contributed by atoms with Crippen LogP contribution in [0.1, 0.15) is 37.9 Å². The number of anilines is 1. The van der Waals surface area contributed by atoms with Gasteiger partial charge in [-0.2, -0.15) is 0 Å². The molecule has 1 aromatic heterocycles. The van der Waals surface area contributed by atoms with Crippen LogP contribution in [0.25, 0.3) is 0 Å². The van der Waals surface area contributed by atoms with Crippen molar-refractivity contribution in [3.05, 3.63) is 59.9 Å². The number of carbonyl (C=O) groups excluding carboxylic acids is 1. The lowest BCUT2D eigenvalue weighted by Crippen LogP contribution is -2.37. The molecule has 0 radical (unpaired) electrons. The predicted molar refractivity (Wildman–Crippen MR) is 106 cm³/mol. The van der Waals surface area contributed by atoms with E-state index >= 15 is 0 Å². The first-order chi connectivity index (χ1) is 12.7. The van der Waals surface area contributed by atoms with Crippen molar-refractivity contribution in [2.24, 2.45) is 4.99 Å². The number of nitrogens with one attached hydrogen (secondary N) is 3. The number of guanidine groups is 1. The quantitative estimate of drug-likeness (QED) is 0.503. The lowest BCUT2D eigenvalue weighted by atomic mass is 10.2. The van der Waals surface area contributed by atoms with Gasteiger partial charge in [0.1, 0.15) is 0 Å². The van der Waals surface area contributed by atoms with E-state index in [1.807, 2.05) is 56.3 Å². The molecule has 6 nitrogen and oxygen atoms in total. The van der Waals surface area contributed by atoms with Gasteiger partial charge in [-0.1, -0.05) is 25.1 Å². The lowest BCUT2D eigenvalue weighted by Gasteiger charge is -2.11. The van der Waals surface area contributed by atoms with Crippen molar-refractivity contribution in [1.82, 2.24) is 15.6 Å². The average molecular weight is 353 g/mol. The molecule has 0 aliphatic heterocycles. The van der Waals surface area contributed by atoms with Crippen LogP contribution >= 0.6 is 0 Å². The van der Waals surface area contributed by atoms with Gasteiger partial charge >= 0.3 is 0 Å². The molecule has 1 amide bonds. The van der Waals surface area contributed by atoms with Gasteiger partial charge in [0.05, 0.1) is 18.8 Å². The number of amides is 1. The molecule has 0 saturated heterocycles. The number of nitrogens with zero attached hydrogens (tertiary/aromatic N) is 2. The number of rotatable bonds is 8. The SMILES string of the molecule is CCCC(=O)Nc1cccc(CN=C(NCC)NCc2ccccn2)c1. The number of pyridine rings is 1. The van der Waals surface area contributed by atoms with Gasteiger partial charge in [0.15, 0.2) is 5.96 Å². The number of aromatic nitrogens is 1. The van der Waals surface area contributed by atoms with Gasteiger partial charge in [0.25, 0.3) is 0 Å². The minimum absolute atomic E-state index is 0.0403. The van der Waals surface area contributed by atoms with E-state index in [0.717, 1.165) is 35.9 Å². The average Bonchev–Trinajstić information content (AvgIpc) is 2.65. The number of benzene rings is 1.